The monoisotopic (exact) mass is 274 g/mol. The fourth-order valence-corrected chi connectivity index (χ4v) is 2.12. The zero-order valence-corrected chi connectivity index (χ0v) is 8.62. The van der Waals surface area contributed by atoms with Crippen molar-refractivity contribution in [3.05, 3.63) is 32.3 Å². The van der Waals surface area contributed by atoms with Gasteiger partial charge in [-0.3, -0.25) is 4.57 Å². The minimum Gasteiger partial charge on any atom is -0.306 e. The second-order valence-electron chi connectivity index (χ2n) is 2.63. The number of aromatic nitrogens is 2. The smallest absolute Gasteiger partial charge is 0.306 e. The van der Waals surface area contributed by atoms with Gasteiger partial charge < -0.3 is 4.98 Å². The molecule has 1 aromatic heterocycles. The molecule has 0 radical (unpaired) electrons. The lowest BCUT2D eigenvalue weighted by molar-refractivity contribution is 0.890. The summed E-state index contributed by atoms with van der Waals surface area (Å²) in [7, 11) is 1.77. The van der Waals surface area contributed by atoms with Gasteiger partial charge in [-0.2, -0.15) is 0 Å². The zero-order valence-electron chi connectivity index (χ0n) is 6.47. The lowest BCUT2D eigenvalue weighted by Gasteiger charge is -1.95. The molecular formula is C8H7IN2O. The number of nitrogens with zero attached hydrogens (tertiary/aromatic N) is 1. The Morgan fingerprint density at radius 2 is 2.25 bits per heavy atom. The van der Waals surface area contributed by atoms with Crippen molar-refractivity contribution >= 4 is 33.6 Å². The Bertz CT molecular complexity index is 483. The van der Waals surface area contributed by atoms with Gasteiger partial charge in [-0.05, 0) is 34.7 Å². The van der Waals surface area contributed by atoms with E-state index in [0.717, 1.165) is 14.6 Å². The van der Waals surface area contributed by atoms with E-state index in [1.165, 1.54) is 0 Å². The number of fused-ring (bicyclic) bond motifs is 1. The molecule has 0 fully saturated rings. The average molecular weight is 274 g/mol. The van der Waals surface area contributed by atoms with Crippen LogP contribution in [-0.2, 0) is 7.05 Å². The summed E-state index contributed by atoms with van der Waals surface area (Å²) in [4.78, 5) is 14.0. The van der Waals surface area contributed by atoms with Crippen molar-refractivity contribution in [3.8, 4) is 0 Å². The molecule has 2 rings (SSSR count). The van der Waals surface area contributed by atoms with E-state index in [2.05, 4.69) is 27.6 Å². The van der Waals surface area contributed by atoms with Crippen molar-refractivity contribution in [1.82, 2.24) is 9.55 Å². The maximum absolute atomic E-state index is 11.2. The molecule has 0 amide bonds. The average Bonchev–Trinajstić information content (AvgIpc) is 2.29. The van der Waals surface area contributed by atoms with Crippen molar-refractivity contribution in [2.24, 2.45) is 7.05 Å². The molecule has 0 aliphatic heterocycles. The van der Waals surface area contributed by atoms with Crippen molar-refractivity contribution in [3.63, 3.8) is 0 Å². The van der Waals surface area contributed by atoms with E-state index in [4.69, 9.17) is 0 Å². The van der Waals surface area contributed by atoms with Crippen LogP contribution in [0.4, 0.5) is 0 Å². The Kier molecular flexibility index (Phi) is 1.71. The SMILES string of the molecule is Cn1c(=O)[nH]c2cccc(I)c21. The Morgan fingerprint density at radius 3 is 2.92 bits per heavy atom. The molecule has 4 heteroatoms. The molecule has 0 spiro atoms. The number of hydrogen-bond acceptors (Lipinski definition) is 1. The first-order valence-corrected chi connectivity index (χ1v) is 4.61. The van der Waals surface area contributed by atoms with Crippen LogP contribution in [0.3, 0.4) is 0 Å². The highest BCUT2D eigenvalue weighted by Gasteiger charge is 2.04. The zero-order chi connectivity index (χ0) is 8.72. The van der Waals surface area contributed by atoms with E-state index in [-0.39, 0.29) is 5.69 Å². The van der Waals surface area contributed by atoms with E-state index in [1.54, 1.807) is 11.6 Å². The largest absolute Gasteiger partial charge is 0.326 e. The molecule has 0 aliphatic carbocycles. The maximum Gasteiger partial charge on any atom is 0.326 e. The van der Waals surface area contributed by atoms with Gasteiger partial charge >= 0.3 is 5.69 Å². The highest BCUT2D eigenvalue weighted by atomic mass is 127. The predicted molar refractivity (Wildman–Crippen MR) is 56.3 cm³/mol. The van der Waals surface area contributed by atoms with Gasteiger partial charge in [0.05, 0.1) is 11.0 Å². The number of rotatable bonds is 0. The van der Waals surface area contributed by atoms with Gasteiger partial charge in [-0.15, -0.1) is 0 Å². The number of benzene rings is 1. The second kappa shape index (κ2) is 2.62. The summed E-state index contributed by atoms with van der Waals surface area (Å²) in [6.07, 6.45) is 0. The molecule has 0 saturated carbocycles. The van der Waals surface area contributed by atoms with Crippen LogP contribution >= 0.6 is 22.6 Å². The highest BCUT2D eigenvalue weighted by Crippen LogP contribution is 2.16. The molecule has 2 aromatic rings. The van der Waals surface area contributed by atoms with Crippen molar-refractivity contribution in [1.29, 1.82) is 0 Å². The third-order valence-electron chi connectivity index (χ3n) is 1.87. The summed E-state index contributed by atoms with van der Waals surface area (Å²) >= 11 is 2.22. The number of imidazole rings is 1. The van der Waals surface area contributed by atoms with Crippen LogP contribution in [0.1, 0.15) is 0 Å². The van der Waals surface area contributed by atoms with Gasteiger partial charge in [0.15, 0.2) is 0 Å². The van der Waals surface area contributed by atoms with Crippen LogP contribution in [-0.4, -0.2) is 9.55 Å². The minimum absolute atomic E-state index is 0.0610. The molecule has 1 heterocycles. The maximum atomic E-state index is 11.2. The first-order valence-electron chi connectivity index (χ1n) is 3.53. The summed E-state index contributed by atoms with van der Waals surface area (Å²) in [5.41, 5.74) is 1.81. The topological polar surface area (TPSA) is 37.8 Å². The number of halogens is 1. The standard InChI is InChI=1S/C8H7IN2O/c1-11-7-5(9)3-2-4-6(7)10-8(11)12/h2-4H,1H3,(H,10,12). The van der Waals surface area contributed by atoms with Gasteiger partial charge in [0.1, 0.15) is 0 Å². The number of aromatic amines is 1. The van der Waals surface area contributed by atoms with Crippen LogP contribution in [0.2, 0.25) is 0 Å². The summed E-state index contributed by atoms with van der Waals surface area (Å²) in [5.74, 6) is 0. The van der Waals surface area contributed by atoms with E-state index in [0.29, 0.717) is 0 Å². The number of hydrogen-bond donors (Lipinski definition) is 1. The van der Waals surface area contributed by atoms with Crippen LogP contribution in [0.25, 0.3) is 11.0 Å². The Morgan fingerprint density at radius 1 is 1.50 bits per heavy atom. The molecule has 62 valence electrons. The molecule has 0 unspecified atom stereocenters. The first kappa shape index (κ1) is 7.85. The van der Waals surface area contributed by atoms with Crippen LogP contribution < -0.4 is 5.69 Å². The third kappa shape index (κ3) is 0.979. The van der Waals surface area contributed by atoms with Gasteiger partial charge in [0.2, 0.25) is 0 Å². The van der Waals surface area contributed by atoms with E-state index in [9.17, 15) is 4.79 Å². The molecule has 0 aliphatic rings. The number of aryl methyl sites for hydroxylation is 1. The normalized spacial score (nSPS) is 10.8. The van der Waals surface area contributed by atoms with Gasteiger partial charge in [0.25, 0.3) is 0 Å². The molecule has 1 aromatic carbocycles. The van der Waals surface area contributed by atoms with Crippen LogP contribution in [0.15, 0.2) is 23.0 Å². The Labute approximate surface area is 82.5 Å². The molecule has 0 bridgehead atoms. The molecule has 0 atom stereocenters. The minimum atomic E-state index is -0.0610. The van der Waals surface area contributed by atoms with Crippen molar-refractivity contribution in [2.75, 3.05) is 0 Å². The van der Waals surface area contributed by atoms with Gasteiger partial charge in [-0.1, -0.05) is 6.07 Å². The number of para-hydroxylation sites is 1. The molecule has 3 nitrogen and oxygen atoms in total. The lowest BCUT2D eigenvalue weighted by atomic mass is 10.3. The van der Waals surface area contributed by atoms with Crippen molar-refractivity contribution < 1.29 is 0 Å². The number of H-pyrrole nitrogens is 1. The fraction of sp³-hybridized carbons (Fsp3) is 0.125. The second-order valence-corrected chi connectivity index (χ2v) is 3.79. The molecule has 0 saturated heterocycles. The van der Waals surface area contributed by atoms with Gasteiger partial charge in [-0.25, -0.2) is 4.79 Å². The van der Waals surface area contributed by atoms with Crippen LogP contribution in [0.5, 0.6) is 0 Å². The molecular weight excluding hydrogens is 267 g/mol. The molecule has 1 N–H and O–H groups in total. The first-order chi connectivity index (χ1) is 5.70. The fourth-order valence-electron chi connectivity index (χ4n) is 1.26. The highest BCUT2D eigenvalue weighted by molar-refractivity contribution is 14.1. The van der Waals surface area contributed by atoms with E-state index < -0.39 is 0 Å². The lowest BCUT2D eigenvalue weighted by Crippen LogP contribution is -2.12. The number of nitrogens with one attached hydrogen (secondary N) is 1. The predicted octanol–water partition coefficient (Wildman–Crippen LogP) is 1.47. The van der Waals surface area contributed by atoms with Gasteiger partial charge in [0, 0.05) is 10.6 Å². The van der Waals surface area contributed by atoms with E-state index >= 15 is 0 Å². The third-order valence-corrected chi connectivity index (χ3v) is 2.74. The van der Waals surface area contributed by atoms with Crippen LogP contribution in [0, 0.1) is 3.57 Å². The quantitative estimate of drug-likeness (QED) is 0.726. The Hall–Kier alpha value is -0.780. The summed E-state index contributed by atoms with van der Waals surface area (Å²) in [5, 5.41) is 0. The molecule has 12 heavy (non-hydrogen) atoms. The Balaban J connectivity index is 3.07. The summed E-state index contributed by atoms with van der Waals surface area (Å²) in [6, 6.07) is 5.81. The summed E-state index contributed by atoms with van der Waals surface area (Å²) in [6.45, 7) is 0. The summed E-state index contributed by atoms with van der Waals surface area (Å²) < 4.78 is 2.71. The van der Waals surface area contributed by atoms with Crippen molar-refractivity contribution in [2.45, 2.75) is 0 Å². The van der Waals surface area contributed by atoms with E-state index in [1.807, 2.05) is 18.2 Å².